The molecule has 3 nitrogen and oxygen atoms in total. The van der Waals surface area contributed by atoms with Crippen LogP contribution in [-0.4, -0.2) is 4.98 Å². The molecule has 1 N–H and O–H groups in total. The van der Waals surface area contributed by atoms with Crippen LogP contribution in [0.25, 0.3) is 0 Å². The molecule has 0 saturated carbocycles. The van der Waals surface area contributed by atoms with Gasteiger partial charge in [0.15, 0.2) is 5.82 Å². The number of rotatable bonds is 2. The van der Waals surface area contributed by atoms with Crippen LogP contribution in [0, 0.1) is 18.3 Å². The molecule has 0 bridgehead atoms. The molecule has 2 aromatic rings. The summed E-state index contributed by atoms with van der Waals surface area (Å²) in [6.07, 6.45) is 1.53. The monoisotopic (exact) mass is 277 g/mol. The Labute approximate surface area is 115 Å². The molecule has 0 amide bonds. The Morgan fingerprint density at radius 1 is 1.28 bits per heavy atom. The fourth-order valence-electron chi connectivity index (χ4n) is 1.49. The van der Waals surface area contributed by atoms with Crippen molar-refractivity contribution in [3.63, 3.8) is 0 Å². The highest BCUT2D eigenvalue weighted by molar-refractivity contribution is 6.34. The second kappa shape index (κ2) is 5.26. The van der Waals surface area contributed by atoms with Crippen LogP contribution in [-0.2, 0) is 0 Å². The van der Waals surface area contributed by atoms with E-state index in [1.54, 1.807) is 6.07 Å². The maximum atomic E-state index is 8.90. The standard InChI is InChI=1S/C13H9Cl2N3/c1-8-10(14)3-2-4-11(8)18-13-12(15)9(7-16)5-6-17-13/h2-6H,1H3,(H,17,18). The van der Waals surface area contributed by atoms with Crippen molar-refractivity contribution in [2.75, 3.05) is 5.32 Å². The fraction of sp³-hybridized carbons (Fsp3) is 0.0769. The molecule has 0 fully saturated rings. The van der Waals surface area contributed by atoms with E-state index in [9.17, 15) is 0 Å². The van der Waals surface area contributed by atoms with Gasteiger partial charge in [0.25, 0.3) is 0 Å². The molecule has 0 aliphatic heterocycles. The van der Waals surface area contributed by atoms with E-state index in [0.29, 0.717) is 21.4 Å². The van der Waals surface area contributed by atoms with Crippen molar-refractivity contribution >= 4 is 34.7 Å². The Hall–Kier alpha value is -1.76. The summed E-state index contributed by atoms with van der Waals surface area (Å²) in [5.41, 5.74) is 2.10. The highest BCUT2D eigenvalue weighted by Gasteiger charge is 2.09. The highest BCUT2D eigenvalue weighted by Crippen LogP contribution is 2.29. The lowest BCUT2D eigenvalue weighted by Crippen LogP contribution is -1.97. The number of nitrogens with zero attached hydrogens (tertiary/aromatic N) is 2. The van der Waals surface area contributed by atoms with Crippen molar-refractivity contribution in [3.05, 3.63) is 51.6 Å². The average molecular weight is 278 g/mol. The van der Waals surface area contributed by atoms with Crippen LogP contribution in [0.15, 0.2) is 30.5 Å². The number of anilines is 2. The van der Waals surface area contributed by atoms with E-state index >= 15 is 0 Å². The van der Waals surface area contributed by atoms with Gasteiger partial charge in [0.2, 0.25) is 0 Å². The number of halogens is 2. The molecule has 0 spiro atoms. The van der Waals surface area contributed by atoms with Gasteiger partial charge in [0.1, 0.15) is 11.1 Å². The van der Waals surface area contributed by atoms with Gasteiger partial charge in [0, 0.05) is 16.9 Å². The average Bonchev–Trinajstić information content (AvgIpc) is 2.37. The predicted molar refractivity (Wildman–Crippen MR) is 73.4 cm³/mol. The van der Waals surface area contributed by atoms with Crippen molar-refractivity contribution in [2.45, 2.75) is 6.92 Å². The molecule has 0 aliphatic carbocycles. The maximum absolute atomic E-state index is 8.90. The van der Waals surface area contributed by atoms with Crippen molar-refractivity contribution in [1.82, 2.24) is 4.98 Å². The summed E-state index contributed by atoms with van der Waals surface area (Å²) < 4.78 is 0. The third-order valence-electron chi connectivity index (χ3n) is 2.53. The number of nitriles is 1. The number of aromatic nitrogens is 1. The summed E-state index contributed by atoms with van der Waals surface area (Å²) in [7, 11) is 0. The first kappa shape index (κ1) is 12.7. The van der Waals surface area contributed by atoms with Crippen LogP contribution in [0.3, 0.4) is 0 Å². The quantitative estimate of drug-likeness (QED) is 0.890. The second-order valence-electron chi connectivity index (χ2n) is 3.67. The van der Waals surface area contributed by atoms with Gasteiger partial charge >= 0.3 is 0 Å². The second-order valence-corrected chi connectivity index (χ2v) is 4.46. The molecule has 5 heteroatoms. The van der Waals surface area contributed by atoms with Gasteiger partial charge in [-0.3, -0.25) is 0 Å². The van der Waals surface area contributed by atoms with Gasteiger partial charge in [-0.05, 0) is 30.7 Å². The fourth-order valence-corrected chi connectivity index (χ4v) is 1.86. The molecular weight excluding hydrogens is 269 g/mol. The van der Waals surface area contributed by atoms with Crippen molar-refractivity contribution in [2.24, 2.45) is 0 Å². The molecule has 1 heterocycles. The van der Waals surface area contributed by atoms with Crippen molar-refractivity contribution in [3.8, 4) is 6.07 Å². The van der Waals surface area contributed by atoms with E-state index in [4.69, 9.17) is 28.5 Å². The Bertz CT molecular complexity index is 633. The Kier molecular flexibility index (Phi) is 3.71. The zero-order valence-electron chi connectivity index (χ0n) is 9.54. The van der Waals surface area contributed by atoms with Crippen LogP contribution in [0.1, 0.15) is 11.1 Å². The van der Waals surface area contributed by atoms with E-state index in [-0.39, 0.29) is 0 Å². The van der Waals surface area contributed by atoms with Crippen molar-refractivity contribution in [1.29, 1.82) is 5.26 Å². The van der Waals surface area contributed by atoms with Gasteiger partial charge in [-0.25, -0.2) is 4.98 Å². The molecule has 90 valence electrons. The molecule has 0 atom stereocenters. The van der Waals surface area contributed by atoms with Gasteiger partial charge in [-0.1, -0.05) is 29.3 Å². The third-order valence-corrected chi connectivity index (χ3v) is 3.32. The normalized spacial score (nSPS) is 9.89. The Morgan fingerprint density at radius 2 is 2.06 bits per heavy atom. The molecule has 0 unspecified atom stereocenters. The molecule has 1 aromatic carbocycles. The van der Waals surface area contributed by atoms with Crippen LogP contribution in [0.5, 0.6) is 0 Å². The van der Waals surface area contributed by atoms with Crippen molar-refractivity contribution < 1.29 is 0 Å². The van der Waals surface area contributed by atoms with Crippen LogP contribution in [0.2, 0.25) is 10.0 Å². The molecule has 0 saturated heterocycles. The zero-order chi connectivity index (χ0) is 13.1. The first-order valence-electron chi connectivity index (χ1n) is 5.20. The smallest absolute Gasteiger partial charge is 0.150 e. The topological polar surface area (TPSA) is 48.7 Å². The number of nitrogens with one attached hydrogen (secondary N) is 1. The first-order chi connectivity index (χ1) is 8.63. The maximum Gasteiger partial charge on any atom is 0.150 e. The van der Waals surface area contributed by atoms with Crippen LogP contribution in [0.4, 0.5) is 11.5 Å². The van der Waals surface area contributed by atoms with E-state index in [1.165, 1.54) is 6.20 Å². The SMILES string of the molecule is Cc1c(Cl)cccc1Nc1nccc(C#N)c1Cl. The molecule has 1 aromatic heterocycles. The zero-order valence-corrected chi connectivity index (χ0v) is 11.0. The highest BCUT2D eigenvalue weighted by atomic mass is 35.5. The first-order valence-corrected chi connectivity index (χ1v) is 5.96. The van der Waals surface area contributed by atoms with Gasteiger partial charge < -0.3 is 5.32 Å². The summed E-state index contributed by atoms with van der Waals surface area (Å²) in [4.78, 5) is 4.12. The van der Waals surface area contributed by atoms with E-state index < -0.39 is 0 Å². The molecule has 0 radical (unpaired) electrons. The lowest BCUT2D eigenvalue weighted by atomic mass is 10.2. The number of benzene rings is 1. The van der Waals surface area contributed by atoms with Crippen LogP contribution < -0.4 is 5.32 Å². The molecule has 2 rings (SSSR count). The van der Waals surface area contributed by atoms with E-state index in [2.05, 4.69) is 10.3 Å². The van der Waals surface area contributed by atoms with E-state index in [0.717, 1.165) is 11.3 Å². The minimum absolute atomic E-state index is 0.305. The summed E-state index contributed by atoms with van der Waals surface area (Å²) in [5, 5.41) is 12.9. The van der Waals surface area contributed by atoms with E-state index in [1.807, 2.05) is 31.2 Å². The van der Waals surface area contributed by atoms with Gasteiger partial charge in [0.05, 0.1) is 5.56 Å². The predicted octanol–water partition coefficient (Wildman–Crippen LogP) is 4.31. The number of hydrogen-bond donors (Lipinski definition) is 1. The van der Waals surface area contributed by atoms with Crippen LogP contribution >= 0.6 is 23.2 Å². The lowest BCUT2D eigenvalue weighted by Gasteiger charge is -2.11. The third kappa shape index (κ3) is 2.40. The summed E-state index contributed by atoms with van der Waals surface area (Å²) in [5.74, 6) is 0.445. The van der Waals surface area contributed by atoms with Gasteiger partial charge in [-0.15, -0.1) is 0 Å². The summed E-state index contributed by atoms with van der Waals surface area (Å²) >= 11 is 12.1. The summed E-state index contributed by atoms with van der Waals surface area (Å²) in [6, 6.07) is 9.09. The number of hydrogen-bond acceptors (Lipinski definition) is 3. The number of pyridine rings is 1. The Morgan fingerprint density at radius 3 is 2.78 bits per heavy atom. The Balaban J connectivity index is 2.41. The molecule has 0 aliphatic rings. The largest absolute Gasteiger partial charge is 0.339 e. The molecular formula is C13H9Cl2N3. The summed E-state index contributed by atoms with van der Waals surface area (Å²) in [6.45, 7) is 1.90. The van der Waals surface area contributed by atoms with Gasteiger partial charge in [-0.2, -0.15) is 5.26 Å². The molecule has 18 heavy (non-hydrogen) atoms. The minimum Gasteiger partial charge on any atom is -0.339 e. The minimum atomic E-state index is 0.305. The lowest BCUT2D eigenvalue weighted by molar-refractivity contribution is 1.28.